The number of ketones is 1. The van der Waals surface area contributed by atoms with Crippen LogP contribution in [-0.4, -0.2) is 17.1 Å². The van der Waals surface area contributed by atoms with Crippen LogP contribution in [0, 0.1) is 0 Å². The molecule has 0 radical (unpaired) electrons. The van der Waals surface area contributed by atoms with Crippen molar-refractivity contribution in [3.05, 3.63) is 29.1 Å². The summed E-state index contributed by atoms with van der Waals surface area (Å²) in [4.78, 5) is 25.9. The summed E-state index contributed by atoms with van der Waals surface area (Å²) in [6, 6.07) is 3.29. The number of aldehydes is 1. The fraction of sp³-hybridized carbons (Fsp3) is 0.300. The number of nitrogens with zero attached hydrogens (tertiary/aromatic N) is 1. The van der Waals surface area contributed by atoms with Gasteiger partial charge in [-0.15, -0.1) is 0 Å². The number of aromatic nitrogens is 1. The molecule has 0 spiro atoms. The molecule has 1 aromatic rings. The van der Waals surface area contributed by atoms with E-state index in [2.05, 4.69) is 4.98 Å². The zero-order valence-electron chi connectivity index (χ0n) is 7.12. The van der Waals surface area contributed by atoms with Gasteiger partial charge in [0.05, 0.1) is 5.69 Å². The number of hydrogen-bond donors (Lipinski definition) is 0. The lowest BCUT2D eigenvalue weighted by Gasteiger charge is -2.12. The lowest BCUT2D eigenvalue weighted by atomic mass is 9.95. The summed E-state index contributed by atoms with van der Waals surface area (Å²) in [5.74, 6) is 0.145. The molecular weight excluding hydrogens is 166 g/mol. The average molecular weight is 175 g/mol. The van der Waals surface area contributed by atoms with Crippen molar-refractivity contribution in [1.82, 2.24) is 4.98 Å². The maximum atomic E-state index is 11.4. The van der Waals surface area contributed by atoms with Gasteiger partial charge in [-0.2, -0.15) is 0 Å². The van der Waals surface area contributed by atoms with Crippen LogP contribution in [0.5, 0.6) is 0 Å². The fourth-order valence-electron chi connectivity index (χ4n) is 1.58. The normalized spacial score (nSPS) is 15.2. The van der Waals surface area contributed by atoms with E-state index in [-0.39, 0.29) is 5.78 Å². The van der Waals surface area contributed by atoms with E-state index < -0.39 is 0 Å². The van der Waals surface area contributed by atoms with E-state index in [0.29, 0.717) is 24.0 Å². The lowest BCUT2D eigenvalue weighted by molar-refractivity contribution is 0.0970. The molecule has 0 saturated heterocycles. The van der Waals surface area contributed by atoms with E-state index in [9.17, 15) is 9.59 Å². The monoisotopic (exact) mass is 175 g/mol. The second-order valence-corrected chi connectivity index (χ2v) is 3.12. The minimum atomic E-state index is 0.145. The Morgan fingerprint density at radius 1 is 1.31 bits per heavy atom. The number of pyridine rings is 1. The third-order valence-corrected chi connectivity index (χ3v) is 2.23. The van der Waals surface area contributed by atoms with Gasteiger partial charge in [0, 0.05) is 12.0 Å². The van der Waals surface area contributed by atoms with Crippen molar-refractivity contribution in [2.24, 2.45) is 0 Å². The van der Waals surface area contributed by atoms with Gasteiger partial charge < -0.3 is 0 Å². The first kappa shape index (κ1) is 8.10. The van der Waals surface area contributed by atoms with Crippen LogP contribution in [0.3, 0.4) is 0 Å². The Morgan fingerprint density at radius 2 is 2.15 bits per heavy atom. The maximum absolute atomic E-state index is 11.4. The first-order chi connectivity index (χ1) is 6.31. The Morgan fingerprint density at radius 3 is 2.92 bits per heavy atom. The van der Waals surface area contributed by atoms with Crippen molar-refractivity contribution in [2.75, 3.05) is 0 Å². The van der Waals surface area contributed by atoms with E-state index in [1.54, 1.807) is 12.1 Å². The van der Waals surface area contributed by atoms with E-state index in [1.165, 1.54) is 0 Å². The van der Waals surface area contributed by atoms with Crippen molar-refractivity contribution in [2.45, 2.75) is 19.3 Å². The highest BCUT2D eigenvalue weighted by Gasteiger charge is 2.17. The molecule has 1 aliphatic carbocycles. The molecule has 1 aromatic heterocycles. The number of rotatable bonds is 1. The second-order valence-electron chi connectivity index (χ2n) is 3.12. The van der Waals surface area contributed by atoms with E-state index in [0.717, 1.165) is 18.5 Å². The molecule has 66 valence electrons. The fourth-order valence-corrected chi connectivity index (χ4v) is 1.58. The summed E-state index contributed by atoms with van der Waals surface area (Å²) in [6.45, 7) is 0. The number of Topliss-reactive ketones (excluding diaryl/α,β-unsaturated/α-hetero) is 1. The maximum Gasteiger partial charge on any atom is 0.168 e. The Hall–Kier alpha value is -1.51. The SMILES string of the molecule is O=Cc1ccc2c(n1)CCCC2=O. The molecule has 0 N–H and O–H groups in total. The van der Waals surface area contributed by atoms with Gasteiger partial charge in [-0.1, -0.05) is 0 Å². The van der Waals surface area contributed by atoms with Gasteiger partial charge in [0.1, 0.15) is 5.69 Å². The van der Waals surface area contributed by atoms with Crippen LogP contribution in [0.1, 0.15) is 39.4 Å². The standard InChI is InChI=1S/C10H9NO2/c12-6-7-4-5-8-9(11-7)2-1-3-10(8)13/h4-6H,1-3H2. The molecule has 0 fully saturated rings. The molecule has 0 amide bonds. The van der Waals surface area contributed by atoms with E-state index >= 15 is 0 Å². The molecule has 13 heavy (non-hydrogen) atoms. The Bertz CT molecular complexity index is 371. The van der Waals surface area contributed by atoms with Crippen LogP contribution < -0.4 is 0 Å². The molecule has 0 saturated carbocycles. The molecule has 1 aliphatic rings. The van der Waals surface area contributed by atoms with Gasteiger partial charge in [0.2, 0.25) is 0 Å². The first-order valence-electron chi connectivity index (χ1n) is 4.29. The summed E-state index contributed by atoms with van der Waals surface area (Å²) in [5, 5.41) is 0. The molecule has 3 heteroatoms. The number of fused-ring (bicyclic) bond motifs is 1. The number of carbonyl (C=O) groups is 2. The van der Waals surface area contributed by atoms with Crippen molar-refractivity contribution in [3.63, 3.8) is 0 Å². The summed E-state index contributed by atoms with van der Waals surface area (Å²) >= 11 is 0. The molecule has 2 rings (SSSR count). The number of hydrogen-bond acceptors (Lipinski definition) is 3. The van der Waals surface area contributed by atoms with Crippen molar-refractivity contribution >= 4 is 12.1 Å². The first-order valence-corrected chi connectivity index (χ1v) is 4.29. The van der Waals surface area contributed by atoms with Crippen LogP contribution in [0.2, 0.25) is 0 Å². The Balaban J connectivity index is 2.51. The zero-order chi connectivity index (χ0) is 9.26. The number of aryl methyl sites for hydroxylation is 1. The molecule has 1 heterocycles. The summed E-state index contributed by atoms with van der Waals surface area (Å²) in [7, 11) is 0. The largest absolute Gasteiger partial charge is 0.296 e. The topological polar surface area (TPSA) is 47.0 Å². The highest BCUT2D eigenvalue weighted by atomic mass is 16.1. The predicted molar refractivity (Wildman–Crippen MR) is 46.9 cm³/mol. The smallest absolute Gasteiger partial charge is 0.168 e. The summed E-state index contributed by atoms with van der Waals surface area (Å²) < 4.78 is 0. The van der Waals surface area contributed by atoms with Gasteiger partial charge in [-0.25, -0.2) is 4.98 Å². The van der Waals surface area contributed by atoms with E-state index in [1.807, 2.05) is 0 Å². The summed E-state index contributed by atoms with van der Waals surface area (Å²) in [5.41, 5.74) is 1.88. The lowest BCUT2D eigenvalue weighted by Crippen LogP contribution is -2.13. The molecule has 0 unspecified atom stereocenters. The van der Waals surface area contributed by atoms with Crippen LogP contribution in [-0.2, 0) is 6.42 Å². The number of carbonyl (C=O) groups excluding carboxylic acids is 2. The van der Waals surface area contributed by atoms with Crippen molar-refractivity contribution in [3.8, 4) is 0 Å². The molecule has 3 nitrogen and oxygen atoms in total. The van der Waals surface area contributed by atoms with Crippen LogP contribution >= 0.6 is 0 Å². The second kappa shape index (κ2) is 3.09. The van der Waals surface area contributed by atoms with Gasteiger partial charge in [0.15, 0.2) is 12.1 Å². The molecule has 0 aliphatic heterocycles. The predicted octanol–water partition coefficient (Wildman–Crippen LogP) is 1.41. The van der Waals surface area contributed by atoms with Crippen LogP contribution in [0.4, 0.5) is 0 Å². The molecule has 0 aromatic carbocycles. The van der Waals surface area contributed by atoms with Crippen molar-refractivity contribution < 1.29 is 9.59 Å². The Labute approximate surface area is 75.8 Å². The third-order valence-electron chi connectivity index (χ3n) is 2.23. The van der Waals surface area contributed by atoms with Gasteiger partial charge in [-0.3, -0.25) is 9.59 Å². The Kier molecular flexibility index (Phi) is 1.93. The average Bonchev–Trinajstić information content (AvgIpc) is 2.18. The van der Waals surface area contributed by atoms with Crippen molar-refractivity contribution in [1.29, 1.82) is 0 Å². The van der Waals surface area contributed by atoms with Crippen LogP contribution in [0.15, 0.2) is 12.1 Å². The summed E-state index contributed by atoms with van der Waals surface area (Å²) in [6.07, 6.45) is 2.97. The molecular formula is C10H9NO2. The van der Waals surface area contributed by atoms with Gasteiger partial charge in [-0.05, 0) is 25.0 Å². The quantitative estimate of drug-likeness (QED) is 0.606. The van der Waals surface area contributed by atoms with Gasteiger partial charge in [0.25, 0.3) is 0 Å². The minimum Gasteiger partial charge on any atom is -0.296 e. The molecule has 0 atom stereocenters. The molecule has 0 bridgehead atoms. The van der Waals surface area contributed by atoms with Gasteiger partial charge >= 0.3 is 0 Å². The van der Waals surface area contributed by atoms with Crippen LogP contribution in [0.25, 0.3) is 0 Å². The zero-order valence-corrected chi connectivity index (χ0v) is 7.12. The highest BCUT2D eigenvalue weighted by molar-refractivity contribution is 5.98. The third kappa shape index (κ3) is 1.37. The minimum absolute atomic E-state index is 0.145. The highest BCUT2D eigenvalue weighted by Crippen LogP contribution is 2.19. The van der Waals surface area contributed by atoms with E-state index in [4.69, 9.17) is 0 Å².